The molecule has 0 saturated heterocycles. The summed E-state index contributed by atoms with van der Waals surface area (Å²) in [5, 5.41) is 10.1. The zero-order chi connectivity index (χ0) is 12.0. The summed E-state index contributed by atoms with van der Waals surface area (Å²) < 4.78 is 1.76. The minimum absolute atomic E-state index is 0.0958. The number of hydrogen-bond acceptors (Lipinski definition) is 3. The lowest BCUT2D eigenvalue weighted by atomic mass is 10.2. The van der Waals surface area contributed by atoms with Gasteiger partial charge in [-0.1, -0.05) is 0 Å². The van der Waals surface area contributed by atoms with Crippen molar-refractivity contribution in [3.8, 4) is 0 Å². The van der Waals surface area contributed by atoms with E-state index in [2.05, 4.69) is 15.7 Å². The van der Waals surface area contributed by atoms with Crippen molar-refractivity contribution < 1.29 is 4.79 Å². The maximum Gasteiger partial charge on any atom is 0.220 e. The Labute approximate surface area is 96.2 Å². The summed E-state index contributed by atoms with van der Waals surface area (Å²) in [4.78, 5) is 11.4. The average Bonchev–Trinajstić information content (AvgIpc) is 2.55. The van der Waals surface area contributed by atoms with E-state index in [1.165, 1.54) is 0 Å². The topological polar surface area (TPSA) is 59.0 Å². The predicted molar refractivity (Wildman–Crippen MR) is 63.0 cm³/mol. The molecular weight excluding hydrogens is 204 g/mol. The van der Waals surface area contributed by atoms with Gasteiger partial charge >= 0.3 is 0 Å². The molecule has 0 fully saturated rings. The Balaban J connectivity index is 2.29. The second kappa shape index (κ2) is 6.27. The first-order valence-electron chi connectivity index (χ1n) is 5.54. The molecule has 1 rings (SSSR count). The summed E-state index contributed by atoms with van der Waals surface area (Å²) in [6.45, 7) is 3.39. The van der Waals surface area contributed by atoms with Gasteiger partial charge in [0.15, 0.2) is 0 Å². The third kappa shape index (κ3) is 4.02. The molecule has 5 heteroatoms. The van der Waals surface area contributed by atoms with Gasteiger partial charge in [0, 0.05) is 31.8 Å². The molecule has 1 heterocycles. The van der Waals surface area contributed by atoms with Crippen molar-refractivity contribution in [3.63, 3.8) is 0 Å². The third-order valence-corrected chi connectivity index (χ3v) is 2.42. The van der Waals surface area contributed by atoms with Crippen LogP contribution in [0.1, 0.15) is 24.1 Å². The van der Waals surface area contributed by atoms with Gasteiger partial charge in [-0.2, -0.15) is 5.10 Å². The van der Waals surface area contributed by atoms with Gasteiger partial charge < -0.3 is 10.6 Å². The summed E-state index contributed by atoms with van der Waals surface area (Å²) in [6.07, 6.45) is 3.37. The van der Waals surface area contributed by atoms with E-state index in [9.17, 15) is 4.79 Å². The van der Waals surface area contributed by atoms with Crippen molar-refractivity contribution in [2.24, 2.45) is 7.05 Å². The Morgan fingerprint density at radius 3 is 2.88 bits per heavy atom. The van der Waals surface area contributed by atoms with Crippen LogP contribution in [-0.2, 0) is 18.4 Å². The number of nitrogens with zero attached hydrogens (tertiary/aromatic N) is 2. The summed E-state index contributed by atoms with van der Waals surface area (Å²) in [5.41, 5.74) is 2.04. The first-order valence-corrected chi connectivity index (χ1v) is 5.54. The van der Waals surface area contributed by atoms with Gasteiger partial charge in [-0.05, 0) is 26.9 Å². The highest BCUT2D eigenvalue weighted by Crippen LogP contribution is 2.03. The quantitative estimate of drug-likeness (QED) is 0.685. The van der Waals surface area contributed by atoms with Crippen LogP contribution in [0.25, 0.3) is 0 Å². The van der Waals surface area contributed by atoms with Crippen LogP contribution in [0.15, 0.2) is 6.20 Å². The average molecular weight is 224 g/mol. The van der Waals surface area contributed by atoms with Gasteiger partial charge in [0.05, 0.1) is 5.69 Å². The molecular formula is C11H20N4O. The molecule has 1 aromatic heterocycles. The van der Waals surface area contributed by atoms with Gasteiger partial charge in [-0.3, -0.25) is 9.48 Å². The monoisotopic (exact) mass is 224 g/mol. The van der Waals surface area contributed by atoms with Crippen LogP contribution < -0.4 is 10.6 Å². The number of hydrogen-bond donors (Lipinski definition) is 2. The molecule has 0 aromatic carbocycles. The van der Waals surface area contributed by atoms with Crippen LogP contribution in [-0.4, -0.2) is 29.3 Å². The van der Waals surface area contributed by atoms with E-state index in [0.29, 0.717) is 13.0 Å². The smallest absolute Gasteiger partial charge is 0.220 e. The molecule has 0 aliphatic heterocycles. The molecule has 0 aliphatic rings. The SMILES string of the molecule is CNCCCC(=O)NCc1cn(C)nc1C. The minimum atomic E-state index is 0.0958. The number of nitrogens with one attached hydrogen (secondary N) is 2. The van der Waals surface area contributed by atoms with Crippen LogP contribution >= 0.6 is 0 Å². The molecule has 0 saturated carbocycles. The minimum Gasteiger partial charge on any atom is -0.352 e. The highest BCUT2D eigenvalue weighted by atomic mass is 16.1. The molecule has 0 bridgehead atoms. The van der Waals surface area contributed by atoms with Crippen molar-refractivity contribution in [2.45, 2.75) is 26.3 Å². The number of amides is 1. The first-order chi connectivity index (χ1) is 7.63. The lowest BCUT2D eigenvalue weighted by molar-refractivity contribution is -0.121. The van der Waals surface area contributed by atoms with Crippen LogP contribution in [0.3, 0.4) is 0 Å². The lowest BCUT2D eigenvalue weighted by Crippen LogP contribution is -2.23. The summed E-state index contributed by atoms with van der Waals surface area (Å²) in [6, 6.07) is 0. The maximum atomic E-state index is 11.4. The van der Waals surface area contributed by atoms with Crippen molar-refractivity contribution in [1.82, 2.24) is 20.4 Å². The standard InChI is InChI=1S/C11H20N4O/c1-9-10(8-15(3)14-9)7-13-11(16)5-4-6-12-2/h8,12H,4-7H2,1-3H3,(H,13,16). The fraction of sp³-hybridized carbons (Fsp3) is 0.636. The molecule has 0 atom stereocenters. The normalized spacial score (nSPS) is 10.4. The summed E-state index contributed by atoms with van der Waals surface area (Å²) in [5.74, 6) is 0.0958. The fourth-order valence-corrected chi connectivity index (χ4v) is 1.53. The molecule has 0 spiro atoms. The molecule has 16 heavy (non-hydrogen) atoms. The number of aromatic nitrogens is 2. The Morgan fingerprint density at radius 1 is 1.56 bits per heavy atom. The lowest BCUT2D eigenvalue weighted by Gasteiger charge is -2.03. The van der Waals surface area contributed by atoms with Crippen molar-refractivity contribution in [2.75, 3.05) is 13.6 Å². The summed E-state index contributed by atoms with van der Waals surface area (Å²) >= 11 is 0. The van der Waals surface area contributed by atoms with E-state index in [0.717, 1.165) is 24.2 Å². The van der Waals surface area contributed by atoms with Crippen molar-refractivity contribution in [1.29, 1.82) is 0 Å². The Bertz CT molecular complexity index is 346. The van der Waals surface area contributed by atoms with Crippen LogP contribution in [0.2, 0.25) is 0 Å². The molecule has 1 aromatic rings. The highest BCUT2D eigenvalue weighted by Gasteiger charge is 2.05. The van der Waals surface area contributed by atoms with Gasteiger partial charge in [-0.25, -0.2) is 0 Å². The molecule has 90 valence electrons. The second-order valence-corrected chi connectivity index (χ2v) is 3.90. The molecule has 5 nitrogen and oxygen atoms in total. The molecule has 1 amide bonds. The van der Waals surface area contributed by atoms with Crippen LogP contribution in [0, 0.1) is 6.92 Å². The van der Waals surface area contributed by atoms with Gasteiger partial charge in [0.2, 0.25) is 5.91 Å². The second-order valence-electron chi connectivity index (χ2n) is 3.90. The van der Waals surface area contributed by atoms with E-state index in [1.807, 2.05) is 27.2 Å². The zero-order valence-corrected chi connectivity index (χ0v) is 10.2. The molecule has 2 N–H and O–H groups in total. The van der Waals surface area contributed by atoms with Crippen molar-refractivity contribution in [3.05, 3.63) is 17.5 Å². The number of aryl methyl sites for hydroxylation is 2. The third-order valence-electron chi connectivity index (χ3n) is 2.42. The van der Waals surface area contributed by atoms with Crippen LogP contribution in [0.4, 0.5) is 0 Å². The highest BCUT2D eigenvalue weighted by molar-refractivity contribution is 5.75. The summed E-state index contributed by atoms with van der Waals surface area (Å²) in [7, 11) is 3.77. The van der Waals surface area contributed by atoms with Gasteiger partial charge in [0.1, 0.15) is 0 Å². The molecule has 0 aliphatic carbocycles. The van der Waals surface area contributed by atoms with Gasteiger partial charge in [-0.15, -0.1) is 0 Å². The van der Waals surface area contributed by atoms with Crippen molar-refractivity contribution >= 4 is 5.91 Å². The Hall–Kier alpha value is -1.36. The largest absolute Gasteiger partial charge is 0.352 e. The fourth-order valence-electron chi connectivity index (χ4n) is 1.53. The van der Waals surface area contributed by atoms with E-state index < -0.39 is 0 Å². The van der Waals surface area contributed by atoms with E-state index in [-0.39, 0.29) is 5.91 Å². The molecule has 0 radical (unpaired) electrons. The number of carbonyl (C=O) groups is 1. The Kier molecular flexibility index (Phi) is 4.98. The molecule has 0 unspecified atom stereocenters. The first kappa shape index (κ1) is 12.7. The van der Waals surface area contributed by atoms with E-state index in [1.54, 1.807) is 4.68 Å². The number of rotatable bonds is 6. The zero-order valence-electron chi connectivity index (χ0n) is 10.2. The van der Waals surface area contributed by atoms with Crippen LogP contribution in [0.5, 0.6) is 0 Å². The van der Waals surface area contributed by atoms with E-state index >= 15 is 0 Å². The van der Waals surface area contributed by atoms with E-state index in [4.69, 9.17) is 0 Å². The Morgan fingerprint density at radius 2 is 2.31 bits per heavy atom. The maximum absolute atomic E-state index is 11.4. The number of carbonyl (C=O) groups excluding carboxylic acids is 1. The predicted octanol–water partition coefficient (Wildman–Crippen LogP) is 0.344. The van der Waals surface area contributed by atoms with Gasteiger partial charge in [0.25, 0.3) is 0 Å².